The molecule has 0 saturated heterocycles. The number of carbonyl (C=O) groups is 1. The molecule has 0 radical (unpaired) electrons. The fourth-order valence-electron chi connectivity index (χ4n) is 2.00. The molecular weight excluding hydrogens is 399 g/mol. The Bertz CT molecular complexity index is 825. The molecule has 1 N–H and O–H groups in total. The van der Waals surface area contributed by atoms with Crippen LogP contribution in [0.25, 0.3) is 0 Å². The number of carbonyl (C=O) groups excluding carboxylic acids is 1. The zero-order valence-electron chi connectivity index (χ0n) is 12.9. The molecule has 0 aliphatic heterocycles. The van der Waals surface area contributed by atoms with Crippen LogP contribution in [0.15, 0.2) is 53.0 Å². The first kappa shape index (κ1) is 18.6. The number of anilines is 1. The molecular formula is C16H16BrFN2O3S. The average Bonchev–Trinajstić information content (AvgIpc) is 2.50. The highest BCUT2D eigenvalue weighted by atomic mass is 79.9. The summed E-state index contributed by atoms with van der Waals surface area (Å²) in [7, 11) is -3.60. The SMILES string of the molecule is CS(=O)(=O)N(CC(=O)Nc1ccccc1F)Cc1ccc(Br)cc1. The molecule has 5 nitrogen and oxygen atoms in total. The van der Waals surface area contributed by atoms with Crippen molar-refractivity contribution < 1.29 is 17.6 Å². The van der Waals surface area contributed by atoms with E-state index in [1.54, 1.807) is 30.3 Å². The van der Waals surface area contributed by atoms with E-state index in [1.807, 2.05) is 0 Å². The Morgan fingerprint density at radius 3 is 2.38 bits per heavy atom. The maximum absolute atomic E-state index is 13.6. The van der Waals surface area contributed by atoms with Gasteiger partial charge in [-0.2, -0.15) is 4.31 Å². The van der Waals surface area contributed by atoms with Gasteiger partial charge >= 0.3 is 0 Å². The molecule has 128 valence electrons. The molecule has 0 unspecified atom stereocenters. The summed E-state index contributed by atoms with van der Waals surface area (Å²) in [4.78, 5) is 12.1. The van der Waals surface area contributed by atoms with Crippen LogP contribution in [0.1, 0.15) is 5.56 Å². The van der Waals surface area contributed by atoms with Crippen LogP contribution in [0.3, 0.4) is 0 Å². The van der Waals surface area contributed by atoms with Gasteiger partial charge in [0.1, 0.15) is 5.82 Å². The lowest BCUT2D eigenvalue weighted by Gasteiger charge is -2.19. The van der Waals surface area contributed by atoms with Crippen molar-refractivity contribution in [2.24, 2.45) is 0 Å². The molecule has 2 rings (SSSR count). The quantitative estimate of drug-likeness (QED) is 0.789. The lowest BCUT2D eigenvalue weighted by atomic mass is 10.2. The molecule has 0 saturated carbocycles. The largest absolute Gasteiger partial charge is 0.322 e. The van der Waals surface area contributed by atoms with E-state index in [4.69, 9.17) is 0 Å². The van der Waals surface area contributed by atoms with E-state index in [2.05, 4.69) is 21.2 Å². The second-order valence-corrected chi connectivity index (χ2v) is 8.08. The Hall–Kier alpha value is -1.77. The number of halogens is 2. The summed E-state index contributed by atoms with van der Waals surface area (Å²) in [6.07, 6.45) is 1.03. The molecule has 24 heavy (non-hydrogen) atoms. The van der Waals surface area contributed by atoms with Crippen LogP contribution in [0, 0.1) is 5.82 Å². The topological polar surface area (TPSA) is 66.5 Å². The Morgan fingerprint density at radius 2 is 1.79 bits per heavy atom. The lowest BCUT2D eigenvalue weighted by Crippen LogP contribution is -2.37. The van der Waals surface area contributed by atoms with Crippen LogP contribution in [-0.4, -0.2) is 31.4 Å². The molecule has 2 aromatic carbocycles. The Morgan fingerprint density at radius 1 is 1.17 bits per heavy atom. The summed E-state index contributed by atoms with van der Waals surface area (Å²) in [5, 5.41) is 2.38. The molecule has 0 aromatic heterocycles. The van der Waals surface area contributed by atoms with Crippen molar-refractivity contribution in [3.8, 4) is 0 Å². The Kier molecular flexibility index (Phi) is 6.09. The summed E-state index contributed by atoms with van der Waals surface area (Å²) in [6.45, 7) is -0.347. The average molecular weight is 415 g/mol. The van der Waals surface area contributed by atoms with Crippen molar-refractivity contribution in [1.82, 2.24) is 4.31 Å². The second-order valence-electron chi connectivity index (χ2n) is 5.19. The minimum Gasteiger partial charge on any atom is -0.322 e. The van der Waals surface area contributed by atoms with Crippen molar-refractivity contribution >= 4 is 37.5 Å². The monoisotopic (exact) mass is 414 g/mol. The van der Waals surface area contributed by atoms with Crippen LogP contribution in [0.5, 0.6) is 0 Å². The number of sulfonamides is 1. The van der Waals surface area contributed by atoms with Crippen LogP contribution in [-0.2, 0) is 21.4 Å². The number of hydrogen-bond acceptors (Lipinski definition) is 3. The van der Waals surface area contributed by atoms with Gasteiger partial charge < -0.3 is 5.32 Å². The van der Waals surface area contributed by atoms with Crippen LogP contribution in [0.4, 0.5) is 10.1 Å². The highest BCUT2D eigenvalue weighted by molar-refractivity contribution is 9.10. The standard InChI is InChI=1S/C16H16BrFN2O3S/c1-24(22,23)20(10-12-6-8-13(17)9-7-12)11-16(21)19-15-5-3-2-4-14(15)18/h2-9H,10-11H2,1H3,(H,19,21). The highest BCUT2D eigenvalue weighted by Crippen LogP contribution is 2.15. The predicted molar refractivity (Wildman–Crippen MR) is 94.4 cm³/mol. The molecule has 8 heteroatoms. The first-order valence-electron chi connectivity index (χ1n) is 6.99. The van der Waals surface area contributed by atoms with Gasteiger partial charge in [-0.05, 0) is 29.8 Å². The first-order chi connectivity index (χ1) is 11.3. The summed E-state index contributed by atoms with van der Waals surface area (Å²) in [5.41, 5.74) is 0.752. The smallest absolute Gasteiger partial charge is 0.239 e. The van der Waals surface area contributed by atoms with Crippen molar-refractivity contribution in [2.75, 3.05) is 18.1 Å². The normalized spacial score (nSPS) is 11.5. The van der Waals surface area contributed by atoms with Gasteiger partial charge in [0.15, 0.2) is 0 Å². The fraction of sp³-hybridized carbons (Fsp3) is 0.188. The molecule has 0 fully saturated rings. The Labute approximate surface area is 148 Å². The fourth-order valence-corrected chi connectivity index (χ4v) is 3.00. The predicted octanol–water partition coefficient (Wildman–Crippen LogP) is 2.99. The van der Waals surface area contributed by atoms with E-state index in [0.29, 0.717) is 0 Å². The summed E-state index contributed by atoms with van der Waals surface area (Å²) in [6, 6.07) is 12.8. The molecule has 0 aliphatic carbocycles. The van der Waals surface area contributed by atoms with Gasteiger partial charge in [-0.1, -0.05) is 40.2 Å². The highest BCUT2D eigenvalue weighted by Gasteiger charge is 2.21. The van der Waals surface area contributed by atoms with Crippen molar-refractivity contribution in [3.05, 3.63) is 64.4 Å². The van der Waals surface area contributed by atoms with Crippen molar-refractivity contribution in [3.63, 3.8) is 0 Å². The van der Waals surface area contributed by atoms with Crippen molar-refractivity contribution in [2.45, 2.75) is 6.54 Å². The maximum atomic E-state index is 13.6. The number of amides is 1. The summed E-state index contributed by atoms with van der Waals surface area (Å²) < 4.78 is 39.3. The van der Waals surface area contributed by atoms with E-state index < -0.39 is 28.3 Å². The van der Waals surface area contributed by atoms with Gasteiger partial charge in [-0.15, -0.1) is 0 Å². The molecule has 1 amide bonds. The molecule has 0 heterocycles. The third kappa shape index (κ3) is 5.40. The van der Waals surface area contributed by atoms with E-state index in [-0.39, 0.29) is 12.2 Å². The molecule has 0 bridgehead atoms. The maximum Gasteiger partial charge on any atom is 0.239 e. The molecule has 0 aliphatic rings. The number of benzene rings is 2. The molecule has 0 atom stereocenters. The van der Waals surface area contributed by atoms with E-state index >= 15 is 0 Å². The van der Waals surface area contributed by atoms with Gasteiger partial charge in [-0.25, -0.2) is 12.8 Å². The van der Waals surface area contributed by atoms with Gasteiger partial charge in [-0.3, -0.25) is 4.79 Å². The third-order valence-electron chi connectivity index (χ3n) is 3.21. The third-order valence-corrected chi connectivity index (χ3v) is 4.93. The van der Waals surface area contributed by atoms with E-state index in [1.165, 1.54) is 18.2 Å². The number of hydrogen-bond donors (Lipinski definition) is 1. The minimum atomic E-state index is -3.60. The van der Waals surface area contributed by atoms with Gasteiger partial charge in [0, 0.05) is 11.0 Å². The number of nitrogens with zero attached hydrogens (tertiary/aromatic N) is 1. The summed E-state index contributed by atoms with van der Waals surface area (Å²) >= 11 is 3.30. The van der Waals surface area contributed by atoms with Crippen molar-refractivity contribution in [1.29, 1.82) is 0 Å². The van der Waals surface area contributed by atoms with E-state index in [0.717, 1.165) is 20.6 Å². The zero-order valence-corrected chi connectivity index (χ0v) is 15.3. The number of rotatable bonds is 6. The Balaban J connectivity index is 2.10. The lowest BCUT2D eigenvalue weighted by molar-refractivity contribution is -0.116. The molecule has 2 aromatic rings. The first-order valence-corrected chi connectivity index (χ1v) is 9.64. The van der Waals surface area contributed by atoms with Crippen LogP contribution in [0.2, 0.25) is 0 Å². The van der Waals surface area contributed by atoms with Crippen LogP contribution >= 0.6 is 15.9 Å². The molecule has 0 spiro atoms. The zero-order chi connectivity index (χ0) is 17.7. The van der Waals surface area contributed by atoms with Crippen LogP contribution < -0.4 is 5.32 Å². The second kappa shape index (κ2) is 7.87. The van der Waals surface area contributed by atoms with Gasteiger partial charge in [0.2, 0.25) is 15.9 Å². The van der Waals surface area contributed by atoms with Gasteiger partial charge in [0.05, 0.1) is 18.5 Å². The minimum absolute atomic E-state index is 0.0135. The number of nitrogens with one attached hydrogen (secondary N) is 1. The summed E-state index contributed by atoms with van der Waals surface area (Å²) in [5.74, 6) is -1.19. The van der Waals surface area contributed by atoms with Gasteiger partial charge in [0.25, 0.3) is 0 Å². The van der Waals surface area contributed by atoms with E-state index in [9.17, 15) is 17.6 Å². The number of para-hydroxylation sites is 1.